The van der Waals surface area contributed by atoms with Crippen LogP contribution in [0.3, 0.4) is 0 Å². The van der Waals surface area contributed by atoms with Gasteiger partial charge < -0.3 is 10.6 Å². The van der Waals surface area contributed by atoms with Gasteiger partial charge in [-0.25, -0.2) is 4.79 Å². The van der Waals surface area contributed by atoms with Crippen LogP contribution in [0, 0.1) is 0 Å². The summed E-state index contributed by atoms with van der Waals surface area (Å²) in [4.78, 5) is 11.6. The number of carbonyl (C=O) groups is 1. The van der Waals surface area contributed by atoms with E-state index in [4.69, 9.17) is 0 Å². The van der Waals surface area contributed by atoms with Crippen LogP contribution in [0.2, 0.25) is 0 Å². The molecule has 0 spiro atoms. The summed E-state index contributed by atoms with van der Waals surface area (Å²) in [6.45, 7) is 12.2. The number of rotatable bonds is 3. The number of urea groups is 1. The van der Waals surface area contributed by atoms with E-state index >= 15 is 0 Å². The highest BCUT2D eigenvalue weighted by Gasteiger charge is 2.23. The van der Waals surface area contributed by atoms with Crippen LogP contribution in [0.25, 0.3) is 0 Å². The van der Waals surface area contributed by atoms with Crippen molar-refractivity contribution in [1.29, 1.82) is 0 Å². The molecule has 0 aliphatic rings. The van der Waals surface area contributed by atoms with Crippen molar-refractivity contribution in [1.82, 2.24) is 10.6 Å². The lowest BCUT2D eigenvalue weighted by molar-refractivity contribution is 0.216. The van der Waals surface area contributed by atoms with E-state index in [9.17, 15) is 4.79 Å². The third-order valence-corrected chi connectivity index (χ3v) is 2.46. The van der Waals surface area contributed by atoms with Crippen LogP contribution >= 0.6 is 0 Å². The highest BCUT2D eigenvalue weighted by Crippen LogP contribution is 2.13. The predicted octanol–water partition coefficient (Wildman–Crippen LogP) is 2.66. The first-order valence-corrected chi connectivity index (χ1v) is 5.33. The fourth-order valence-corrected chi connectivity index (χ4v) is 1.07. The maximum atomic E-state index is 11.6. The van der Waals surface area contributed by atoms with Gasteiger partial charge in [0.25, 0.3) is 0 Å². The normalized spacial score (nSPS) is 12.4. The van der Waals surface area contributed by atoms with Crippen molar-refractivity contribution >= 4 is 6.03 Å². The zero-order chi connectivity index (χ0) is 11.4. The van der Waals surface area contributed by atoms with Gasteiger partial charge in [0.2, 0.25) is 0 Å². The molecular weight excluding hydrogens is 176 g/mol. The van der Waals surface area contributed by atoms with Crippen LogP contribution in [0.4, 0.5) is 4.79 Å². The number of amides is 2. The molecule has 0 fully saturated rings. The molecule has 0 aromatic rings. The molecular formula is C11H24N2O. The maximum Gasteiger partial charge on any atom is 0.315 e. The third-order valence-electron chi connectivity index (χ3n) is 2.46. The van der Waals surface area contributed by atoms with E-state index in [1.807, 2.05) is 20.8 Å². The molecule has 3 nitrogen and oxygen atoms in total. The molecule has 0 rings (SSSR count). The van der Waals surface area contributed by atoms with Crippen LogP contribution in [0.1, 0.15) is 54.4 Å². The first kappa shape index (κ1) is 13.3. The van der Waals surface area contributed by atoms with E-state index in [2.05, 4.69) is 31.4 Å². The van der Waals surface area contributed by atoms with Crippen LogP contribution < -0.4 is 10.6 Å². The quantitative estimate of drug-likeness (QED) is 0.722. The Labute approximate surface area is 87.6 Å². The van der Waals surface area contributed by atoms with Crippen molar-refractivity contribution in [3.8, 4) is 0 Å². The lowest BCUT2D eigenvalue weighted by Gasteiger charge is -2.30. The Morgan fingerprint density at radius 1 is 1.00 bits per heavy atom. The fourth-order valence-electron chi connectivity index (χ4n) is 1.07. The van der Waals surface area contributed by atoms with Gasteiger partial charge in [-0.1, -0.05) is 13.8 Å². The predicted molar refractivity (Wildman–Crippen MR) is 60.4 cm³/mol. The van der Waals surface area contributed by atoms with Crippen LogP contribution in [0.5, 0.6) is 0 Å². The minimum Gasteiger partial charge on any atom is -0.334 e. The van der Waals surface area contributed by atoms with Crippen molar-refractivity contribution in [2.45, 2.75) is 65.5 Å². The molecule has 0 aromatic heterocycles. The van der Waals surface area contributed by atoms with Crippen LogP contribution in [-0.2, 0) is 0 Å². The summed E-state index contributed by atoms with van der Waals surface area (Å²) >= 11 is 0. The van der Waals surface area contributed by atoms with E-state index < -0.39 is 0 Å². The molecule has 0 radical (unpaired) electrons. The van der Waals surface area contributed by atoms with Crippen molar-refractivity contribution in [3.63, 3.8) is 0 Å². The van der Waals surface area contributed by atoms with Crippen molar-refractivity contribution in [3.05, 3.63) is 0 Å². The summed E-state index contributed by atoms with van der Waals surface area (Å²) < 4.78 is 0. The van der Waals surface area contributed by atoms with Gasteiger partial charge in [0, 0.05) is 11.1 Å². The van der Waals surface area contributed by atoms with Gasteiger partial charge in [0.1, 0.15) is 0 Å². The molecule has 2 amide bonds. The SMILES string of the molecule is CCC(C)(CC)NC(=O)NC(C)(C)C. The lowest BCUT2D eigenvalue weighted by Crippen LogP contribution is -2.54. The lowest BCUT2D eigenvalue weighted by atomic mass is 9.96. The third kappa shape index (κ3) is 5.10. The van der Waals surface area contributed by atoms with Gasteiger partial charge in [0.15, 0.2) is 0 Å². The number of nitrogens with one attached hydrogen (secondary N) is 2. The Hall–Kier alpha value is -0.730. The zero-order valence-corrected chi connectivity index (χ0v) is 10.3. The fraction of sp³-hybridized carbons (Fsp3) is 0.909. The Morgan fingerprint density at radius 3 is 1.71 bits per heavy atom. The topological polar surface area (TPSA) is 41.1 Å². The van der Waals surface area contributed by atoms with Gasteiger partial charge in [0.05, 0.1) is 0 Å². The molecule has 3 heteroatoms. The molecule has 0 unspecified atom stereocenters. The Balaban J connectivity index is 4.18. The summed E-state index contributed by atoms with van der Waals surface area (Å²) in [5.74, 6) is 0. The van der Waals surface area contributed by atoms with Crippen molar-refractivity contribution in [2.75, 3.05) is 0 Å². The molecule has 0 bridgehead atoms. The smallest absolute Gasteiger partial charge is 0.315 e. The highest BCUT2D eigenvalue weighted by atomic mass is 16.2. The first-order valence-electron chi connectivity index (χ1n) is 5.33. The second kappa shape index (κ2) is 4.67. The van der Waals surface area contributed by atoms with Gasteiger partial charge in [-0.05, 0) is 40.5 Å². The molecule has 0 aliphatic carbocycles. The Morgan fingerprint density at radius 2 is 1.43 bits per heavy atom. The minimum atomic E-state index is -0.174. The minimum absolute atomic E-state index is 0.0799. The molecule has 0 aliphatic heterocycles. The average Bonchev–Trinajstić information content (AvgIpc) is 2.00. The summed E-state index contributed by atoms with van der Waals surface area (Å²) in [6.07, 6.45) is 1.89. The molecule has 14 heavy (non-hydrogen) atoms. The molecule has 0 saturated carbocycles. The summed E-state index contributed by atoms with van der Waals surface area (Å²) in [6, 6.07) is -0.0799. The van der Waals surface area contributed by atoms with E-state index in [-0.39, 0.29) is 17.1 Å². The Bertz CT molecular complexity index is 190. The van der Waals surface area contributed by atoms with Gasteiger partial charge >= 0.3 is 6.03 Å². The van der Waals surface area contributed by atoms with Gasteiger partial charge in [-0.15, -0.1) is 0 Å². The summed E-state index contributed by atoms with van der Waals surface area (Å²) in [5.41, 5.74) is -0.262. The first-order chi connectivity index (χ1) is 6.22. The van der Waals surface area contributed by atoms with Gasteiger partial charge in [-0.3, -0.25) is 0 Å². The summed E-state index contributed by atoms with van der Waals surface area (Å²) in [7, 11) is 0. The molecule has 2 N–H and O–H groups in total. The summed E-state index contributed by atoms with van der Waals surface area (Å²) in [5, 5.41) is 5.89. The van der Waals surface area contributed by atoms with Crippen LogP contribution in [-0.4, -0.2) is 17.1 Å². The number of hydrogen-bond donors (Lipinski definition) is 2. The zero-order valence-electron chi connectivity index (χ0n) is 10.3. The average molecular weight is 200 g/mol. The highest BCUT2D eigenvalue weighted by molar-refractivity contribution is 5.75. The molecule has 0 aromatic carbocycles. The monoisotopic (exact) mass is 200 g/mol. The number of hydrogen-bond acceptors (Lipinski definition) is 1. The largest absolute Gasteiger partial charge is 0.334 e. The molecule has 0 saturated heterocycles. The molecule has 84 valence electrons. The Kier molecular flexibility index (Phi) is 4.43. The van der Waals surface area contributed by atoms with E-state index in [0.29, 0.717) is 0 Å². The second-order valence-corrected chi connectivity index (χ2v) is 5.10. The van der Waals surface area contributed by atoms with Crippen LogP contribution in [0.15, 0.2) is 0 Å². The van der Waals surface area contributed by atoms with Crippen molar-refractivity contribution in [2.24, 2.45) is 0 Å². The number of carbonyl (C=O) groups excluding carboxylic acids is 1. The van der Waals surface area contributed by atoms with E-state index in [1.165, 1.54) is 0 Å². The van der Waals surface area contributed by atoms with E-state index in [0.717, 1.165) is 12.8 Å². The van der Waals surface area contributed by atoms with E-state index in [1.54, 1.807) is 0 Å². The second-order valence-electron chi connectivity index (χ2n) is 5.10. The maximum absolute atomic E-state index is 11.6. The van der Waals surface area contributed by atoms with Crippen molar-refractivity contribution < 1.29 is 4.79 Å². The van der Waals surface area contributed by atoms with Gasteiger partial charge in [-0.2, -0.15) is 0 Å². The molecule has 0 atom stereocenters. The standard InChI is InChI=1S/C11H24N2O/c1-7-11(6,8-2)13-9(14)12-10(3,4)5/h7-8H2,1-6H3,(H2,12,13,14). The molecule has 0 heterocycles.